The Morgan fingerprint density at radius 3 is 2.11 bits per heavy atom. The van der Waals surface area contributed by atoms with Crippen molar-refractivity contribution in [1.82, 2.24) is 0 Å². The van der Waals surface area contributed by atoms with Gasteiger partial charge in [0.05, 0.1) is 25.4 Å². The number of nitrogens with one attached hydrogen (secondary N) is 1. The van der Waals surface area contributed by atoms with E-state index in [0.717, 1.165) is 0 Å². The minimum Gasteiger partial charge on any atom is -0.322 e. The molecule has 0 aliphatic heterocycles. The van der Waals surface area contributed by atoms with Crippen molar-refractivity contribution in [2.24, 2.45) is 0 Å². The Labute approximate surface area is 171 Å². The van der Waals surface area contributed by atoms with E-state index in [2.05, 4.69) is 5.32 Å². The molecule has 0 aromatic heterocycles. The third-order valence-corrected chi connectivity index (χ3v) is 6.54. The van der Waals surface area contributed by atoms with Crippen molar-refractivity contribution in [1.29, 1.82) is 0 Å². The number of benzene rings is 3. The van der Waals surface area contributed by atoms with Gasteiger partial charge in [0, 0.05) is 10.7 Å². The maximum atomic E-state index is 12.7. The van der Waals surface area contributed by atoms with Crippen LogP contribution < -0.4 is 5.32 Å². The Kier molecular flexibility index (Phi) is 5.77. The Bertz CT molecular complexity index is 1110. The predicted octanol–water partition coefficient (Wildman–Crippen LogP) is 5.73. The lowest BCUT2D eigenvalue weighted by Crippen LogP contribution is -2.12. The first kappa shape index (κ1) is 19.7. The normalized spacial score (nSPS) is 11.2. The quantitative estimate of drug-likeness (QED) is 0.563. The highest BCUT2D eigenvalue weighted by Gasteiger charge is 2.20. The molecule has 1 amide bonds. The van der Waals surface area contributed by atoms with Crippen LogP contribution in [-0.4, -0.2) is 14.3 Å². The fraction of sp³-hybridized carbons (Fsp3) is 0. The number of rotatable bonds is 4. The molecule has 0 bridgehead atoms. The van der Waals surface area contributed by atoms with Crippen LogP contribution in [0.1, 0.15) is 10.4 Å². The third-order valence-electron chi connectivity index (χ3n) is 3.72. The van der Waals surface area contributed by atoms with Crippen molar-refractivity contribution in [3.63, 3.8) is 0 Å². The van der Waals surface area contributed by atoms with Crippen molar-refractivity contribution >= 4 is 56.2 Å². The molecule has 4 nitrogen and oxygen atoms in total. The van der Waals surface area contributed by atoms with Crippen LogP contribution in [0, 0.1) is 0 Å². The van der Waals surface area contributed by atoms with Crippen LogP contribution in [0.15, 0.2) is 76.5 Å². The van der Waals surface area contributed by atoms with Crippen LogP contribution >= 0.6 is 34.8 Å². The predicted molar refractivity (Wildman–Crippen MR) is 108 cm³/mol. The van der Waals surface area contributed by atoms with E-state index in [0.29, 0.717) is 10.7 Å². The lowest BCUT2D eigenvalue weighted by molar-refractivity contribution is 0.102. The minimum absolute atomic E-state index is 0.0244. The van der Waals surface area contributed by atoms with E-state index in [4.69, 9.17) is 34.8 Å². The van der Waals surface area contributed by atoms with Gasteiger partial charge in [0.15, 0.2) is 0 Å². The highest BCUT2D eigenvalue weighted by molar-refractivity contribution is 7.91. The van der Waals surface area contributed by atoms with Gasteiger partial charge in [0.2, 0.25) is 9.84 Å². The van der Waals surface area contributed by atoms with Crippen molar-refractivity contribution in [2.45, 2.75) is 9.79 Å². The summed E-state index contributed by atoms with van der Waals surface area (Å²) in [7, 11) is -3.76. The summed E-state index contributed by atoms with van der Waals surface area (Å²) in [5.74, 6) is -0.432. The van der Waals surface area contributed by atoms with Crippen LogP contribution in [0.5, 0.6) is 0 Å². The Balaban J connectivity index is 1.83. The number of carbonyl (C=O) groups is 1. The molecule has 3 aromatic carbocycles. The molecule has 0 heterocycles. The number of anilines is 1. The zero-order chi connectivity index (χ0) is 19.6. The molecule has 0 spiro atoms. The second-order valence-corrected chi connectivity index (χ2v) is 8.71. The first-order chi connectivity index (χ1) is 12.8. The molecule has 0 unspecified atom stereocenters. The lowest BCUT2D eigenvalue weighted by Gasteiger charge is -2.09. The van der Waals surface area contributed by atoms with Crippen molar-refractivity contribution in [3.8, 4) is 0 Å². The zero-order valence-corrected chi connectivity index (χ0v) is 16.7. The highest BCUT2D eigenvalue weighted by Crippen LogP contribution is 2.28. The molecule has 1 N–H and O–H groups in total. The van der Waals surface area contributed by atoms with Gasteiger partial charge in [0.25, 0.3) is 5.91 Å². The molecule has 27 heavy (non-hydrogen) atoms. The van der Waals surface area contributed by atoms with Crippen molar-refractivity contribution < 1.29 is 13.2 Å². The molecule has 0 saturated carbocycles. The zero-order valence-electron chi connectivity index (χ0n) is 13.6. The van der Waals surface area contributed by atoms with Gasteiger partial charge in [-0.3, -0.25) is 4.79 Å². The summed E-state index contributed by atoms with van der Waals surface area (Å²) in [6.45, 7) is 0. The Hall–Kier alpha value is -2.05. The Morgan fingerprint density at radius 1 is 0.815 bits per heavy atom. The molecule has 8 heteroatoms. The molecule has 0 aliphatic carbocycles. The maximum absolute atomic E-state index is 12.7. The standard InChI is InChI=1S/C19H12Cl3NO3S/c20-12-5-10-15(17(22)11-12)19(24)23-13-6-8-14(9-7-13)27(25,26)18-4-2-1-3-16(18)21/h1-11H,(H,23,24). The number of halogens is 3. The van der Waals surface area contributed by atoms with E-state index in [9.17, 15) is 13.2 Å². The van der Waals surface area contributed by atoms with Gasteiger partial charge in [-0.2, -0.15) is 0 Å². The van der Waals surface area contributed by atoms with Crippen LogP contribution in [0.4, 0.5) is 5.69 Å². The van der Waals surface area contributed by atoms with Gasteiger partial charge in [-0.15, -0.1) is 0 Å². The van der Waals surface area contributed by atoms with Gasteiger partial charge in [-0.1, -0.05) is 46.9 Å². The molecule has 138 valence electrons. The summed E-state index contributed by atoms with van der Waals surface area (Å²) in [4.78, 5) is 12.4. The third kappa shape index (κ3) is 4.28. The fourth-order valence-corrected chi connectivity index (χ4v) is 4.64. The van der Waals surface area contributed by atoms with E-state index in [1.54, 1.807) is 18.2 Å². The first-order valence-electron chi connectivity index (χ1n) is 7.65. The second kappa shape index (κ2) is 7.90. The molecule has 3 rings (SSSR count). The number of carbonyl (C=O) groups excluding carboxylic acids is 1. The smallest absolute Gasteiger partial charge is 0.257 e. The molecule has 3 aromatic rings. The molecule has 0 atom stereocenters. The minimum atomic E-state index is -3.76. The topological polar surface area (TPSA) is 63.2 Å². The molecular formula is C19H12Cl3NO3S. The number of amides is 1. The number of sulfone groups is 1. The Morgan fingerprint density at radius 2 is 1.48 bits per heavy atom. The molecule has 0 radical (unpaired) electrons. The van der Waals surface area contributed by atoms with Gasteiger partial charge >= 0.3 is 0 Å². The van der Waals surface area contributed by atoms with Crippen LogP contribution in [0.25, 0.3) is 0 Å². The lowest BCUT2D eigenvalue weighted by atomic mass is 10.2. The average molecular weight is 441 g/mol. The molecular weight excluding hydrogens is 429 g/mol. The van der Waals surface area contributed by atoms with E-state index >= 15 is 0 Å². The second-order valence-electron chi connectivity index (χ2n) is 5.54. The van der Waals surface area contributed by atoms with E-state index in [1.807, 2.05) is 0 Å². The van der Waals surface area contributed by atoms with Gasteiger partial charge in [-0.05, 0) is 54.6 Å². The molecule has 0 aliphatic rings. The van der Waals surface area contributed by atoms with Crippen LogP contribution in [0.3, 0.4) is 0 Å². The van der Waals surface area contributed by atoms with E-state index < -0.39 is 15.7 Å². The van der Waals surface area contributed by atoms with Crippen molar-refractivity contribution in [3.05, 3.63) is 87.4 Å². The van der Waals surface area contributed by atoms with Crippen LogP contribution in [0.2, 0.25) is 15.1 Å². The number of hydrogen-bond acceptors (Lipinski definition) is 3. The average Bonchev–Trinajstić information content (AvgIpc) is 2.62. The molecule has 0 saturated heterocycles. The van der Waals surface area contributed by atoms with E-state index in [1.165, 1.54) is 48.5 Å². The monoisotopic (exact) mass is 439 g/mol. The fourth-order valence-electron chi connectivity index (χ4n) is 2.38. The van der Waals surface area contributed by atoms with Gasteiger partial charge in [-0.25, -0.2) is 8.42 Å². The first-order valence-corrected chi connectivity index (χ1v) is 10.3. The summed E-state index contributed by atoms with van der Waals surface area (Å²) in [5, 5.41) is 3.45. The largest absolute Gasteiger partial charge is 0.322 e. The summed E-state index contributed by atoms with van der Waals surface area (Å²) < 4.78 is 25.4. The molecule has 0 fully saturated rings. The summed E-state index contributed by atoms with van der Waals surface area (Å²) in [6, 6.07) is 16.5. The summed E-state index contributed by atoms with van der Waals surface area (Å²) in [6.07, 6.45) is 0. The maximum Gasteiger partial charge on any atom is 0.257 e. The summed E-state index contributed by atoms with van der Waals surface area (Å²) >= 11 is 17.8. The van der Waals surface area contributed by atoms with Crippen LogP contribution in [-0.2, 0) is 9.84 Å². The number of hydrogen-bond donors (Lipinski definition) is 1. The SMILES string of the molecule is O=C(Nc1ccc(S(=O)(=O)c2ccccc2Cl)cc1)c1ccc(Cl)cc1Cl. The van der Waals surface area contributed by atoms with Gasteiger partial charge < -0.3 is 5.32 Å². The highest BCUT2D eigenvalue weighted by atomic mass is 35.5. The van der Waals surface area contributed by atoms with E-state index in [-0.39, 0.29) is 25.4 Å². The van der Waals surface area contributed by atoms with Crippen molar-refractivity contribution in [2.75, 3.05) is 5.32 Å². The van der Waals surface area contributed by atoms with Gasteiger partial charge in [0.1, 0.15) is 0 Å². The summed E-state index contributed by atoms with van der Waals surface area (Å²) in [5.41, 5.74) is 0.679.